The van der Waals surface area contributed by atoms with Gasteiger partial charge in [-0.1, -0.05) is 0 Å². The number of anilines is 1. The average molecular weight is 527 g/mol. The number of fused-ring (bicyclic) bond motifs is 1. The van der Waals surface area contributed by atoms with Crippen LogP contribution in [0.4, 0.5) is 10.2 Å². The summed E-state index contributed by atoms with van der Waals surface area (Å²) in [6.45, 7) is 2.02. The number of hydrogen-bond donors (Lipinski definition) is 2. The van der Waals surface area contributed by atoms with Crippen LogP contribution in [0.25, 0.3) is 22.3 Å². The lowest BCUT2D eigenvalue weighted by Crippen LogP contribution is -2.40. The van der Waals surface area contributed by atoms with Gasteiger partial charge in [0.25, 0.3) is 0 Å². The zero-order valence-corrected chi connectivity index (χ0v) is 21.5. The van der Waals surface area contributed by atoms with Gasteiger partial charge in [0.1, 0.15) is 53.3 Å². The Hall–Kier alpha value is -4.64. The number of nitrogen functional groups attached to an aromatic ring is 1. The van der Waals surface area contributed by atoms with Gasteiger partial charge in [0.15, 0.2) is 5.65 Å². The summed E-state index contributed by atoms with van der Waals surface area (Å²) in [6.07, 6.45) is 6.77. The van der Waals surface area contributed by atoms with E-state index in [0.29, 0.717) is 40.6 Å². The van der Waals surface area contributed by atoms with Gasteiger partial charge >= 0.3 is 0 Å². The smallest absolute Gasteiger partial charge is 0.164 e. The maximum Gasteiger partial charge on any atom is 0.164 e. The monoisotopic (exact) mass is 526 g/mol. The van der Waals surface area contributed by atoms with Crippen molar-refractivity contribution in [3.63, 3.8) is 0 Å². The highest BCUT2D eigenvalue weighted by Gasteiger charge is 2.32. The summed E-state index contributed by atoms with van der Waals surface area (Å²) in [5.41, 5.74) is 9.32. The number of nitrogens with two attached hydrogens (primary N) is 1. The Kier molecular flexibility index (Phi) is 6.49. The maximum atomic E-state index is 14.3. The second kappa shape index (κ2) is 10.3. The number of hydrogen-bond acceptors (Lipinski definition) is 9. The molecule has 0 amide bonds. The molecule has 1 fully saturated rings. The summed E-state index contributed by atoms with van der Waals surface area (Å²) in [5, 5.41) is 8.92. The number of aryl methyl sites for hydroxylation is 1. The molecular weight excluding hydrogens is 499 g/mol. The molecule has 1 saturated carbocycles. The molecule has 1 aliphatic rings. The van der Waals surface area contributed by atoms with Crippen LogP contribution in [0, 0.1) is 12.7 Å². The first-order chi connectivity index (χ1) is 19.0. The fourth-order valence-corrected chi connectivity index (χ4v) is 4.63. The number of benzene rings is 2. The van der Waals surface area contributed by atoms with Gasteiger partial charge in [-0.15, -0.1) is 0 Å². The number of nitrogens with one attached hydrogen (secondary N) is 1. The van der Waals surface area contributed by atoms with Crippen molar-refractivity contribution in [2.45, 2.75) is 38.5 Å². The minimum Gasteiger partial charge on any atom is -0.489 e. The number of rotatable bonds is 8. The van der Waals surface area contributed by atoms with E-state index in [1.165, 1.54) is 18.5 Å². The van der Waals surface area contributed by atoms with Crippen molar-refractivity contribution in [1.82, 2.24) is 35.0 Å². The van der Waals surface area contributed by atoms with Crippen LogP contribution in [-0.4, -0.2) is 42.8 Å². The van der Waals surface area contributed by atoms with E-state index in [4.69, 9.17) is 20.3 Å². The van der Waals surface area contributed by atoms with Crippen LogP contribution >= 0.6 is 0 Å². The molecule has 0 saturated heterocycles. The van der Waals surface area contributed by atoms with Crippen molar-refractivity contribution in [3.05, 3.63) is 78.4 Å². The lowest BCUT2D eigenvalue weighted by Gasteiger charge is -2.35. The molecule has 0 aliphatic heterocycles. The van der Waals surface area contributed by atoms with E-state index in [0.717, 1.165) is 35.0 Å². The molecule has 0 unspecified atom stereocenters. The molecule has 2 aromatic carbocycles. The Morgan fingerprint density at radius 1 is 1.00 bits per heavy atom. The van der Waals surface area contributed by atoms with Crippen LogP contribution in [-0.2, 0) is 6.61 Å². The van der Waals surface area contributed by atoms with Crippen molar-refractivity contribution in [1.29, 1.82) is 0 Å². The van der Waals surface area contributed by atoms with Crippen molar-refractivity contribution in [2.75, 3.05) is 12.8 Å². The second-order valence-electron chi connectivity index (χ2n) is 9.54. The van der Waals surface area contributed by atoms with E-state index < -0.39 is 5.82 Å². The molecule has 3 heterocycles. The molecule has 0 atom stereocenters. The van der Waals surface area contributed by atoms with Gasteiger partial charge < -0.3 is 20.5 Å². The van der Waals surface area contributed by atoms with Crippen LogP contribution in [0.1, 0.15) is 30.3 Å². The molecule has 6 rings (SSSR count). The molecule has 39 heavy (non-hydrogen) atoms. The second-order valence-corrected chi connectivity index (χ2v) is 9.54. The third-order valence-corrected chi connectivity index (χ3v) is 6.83. The van der Waals surface area contributed by atoms with E-state index in [2.05, 4.69) is 25.3 Å². The highest BCUT2D eigenvalue weighted by Crippen LogP contribution is 2.38. The van der Waals surface area contributed by atoms with Gasteiger partial charge in [-0.3, -0.25) is 0 Å². The van der Waals surface area contributed by atoms with Crippen LogP contribution in [0.2, 0.25) is 0 Å². The zero-order valence-electron chi connectivity index (χ0n) is 21.5. The largest absolute Gasteiger partial charge is 0.489 e. The molecule has 3 aromatic heterocycles. The first kappa shape index (κ1) is 24.7. The zero-order chi connectivity index (χ0) is 26.9. The van der Waals surface area contributed by atoms with Crippen molar-refractivity contribution in [2.24, 2.45) is 0 Å². The van der Waals surface area contributed by atoms with E-state index >= 15 is 0 Å². The third kappa shape index (κ3) is 5.08. The molecular formula is C28H27FN8O2. The van der Waals surface area contributed by atoms with Gasteiger partial charge in [-0.25, -0.2) is 29.0 Å². The van der Waals surface area contributed by atoms with Crippen LogP contribution in [0.15, 0.2) is 61.2 Å². The van der Waals surface area contributed by atoms with Gasteiger partial charge in [0.05, 0.1) is 11.4 Å². The predicted octanol–water partition coefficient (Wildman–Crippen LogP) is 4.61. The fourth-order valence-electron chi connectivity index (χ4n) is 4.63. The number of aromatic nitrogens is 6. The summed E-state index contributed by atoms with van der Waals surface area (Å²) in [7, 11) is 1.97. The van der Waals surface area contributed by atoms with E-state index in [-0.39, 0.29) is 12.6 Å². The summed E-state index contributed by atoms with van der Waals surface area (Å²) in [4.78, 5) is 17.0. The lowest BCUT2D eigenvalue weighted by atomic mass is 9.87. The molecule has 5 aromatic rings. The quantitative estimate of drug-likeness (QED) is 0.298. The molecule has 10 nitrogen and oxygen atoms in total. The summed E-state index contributed by atoms with van der Waals surface area (Å²) >= 11 is 0. The third-order valence-electron chi connectivity index (χ3n) is 6.83. The Morgan fingerprint density at radius 3 is 2.49 bits per heavy atom. The SMILES string of the molecule is CNC1CC(n2nc(-c3ccc(Oc4cc(F)cc(OCc5cnc(C)nc5)c4)cc3)c3c(N)ncnc32)C1. The Bertz CT molecular complexity index is 1620. The normalized spacial score (nSPS) is 16.7. The predicted molar refractivity (Wildman–Crippen MR) is 144 cm³/mol. The molecule has 0 spiro atoms. The first-order valence-electron chi connectivity index (χ1n) is 12.6. The lowest BCUT2D eigenvalue weighted by molar-refractivity contribution is 0.224. The van der Waals surface area contributed by atoms with E-state index in [1.807, 2.05) is 23.9 Å². The van der Waals surface area contributed by atoms with Crippen LogP contribution < -0.4 is 20.5 Å². The summed E-state index contributed by atoms with van der Waals surface area (Å²) in [5.74, 6) is 1.77. The average Bonchev–Trinajstić information content (AvgIpc) is 3.28. The number of nitrogens with zero attached hydrogens (tertiary/aromatic N) is 6. The molecule has 198 valence electrons. The molecule has 0 radical (unpaired) electrons. The maximum absolute atomic E-state index is 14.3. The van der Waals surface area contributed by atoms with Crippen molar-refractivity contribution < 1.29 is 13.9 Å². The molecule has 3 N–H and O–H groups in total. The highest BCUT2D eigenvalue weighted by atomic mass is 19.1. The highest BCUT2D eigenvalue weighted by molar-refractivity contribution is 5.98. The fraction of sp³-hybridized carbons (Fsp3) is 0.250. The number of ether oxygens (including phenoxy) is 2. The van der Waals surface area contributed by atoms with E-state index in [1.54, 1.807) is 37.5 Å². The summed E-state index contributed by atoms with van der Waals surface area (Å²) in [6, 6.07) is 12.3. The topological polar surface area (TPSA) is 126 Å². The van der Waals surface area contributed by atoms with E-state index in [9.17, 15) is 4.39 Å². The molecule has 11 heteroatoms. The summed E-state index contributed by atoms with van der Waals surface area (Å²) < 4.78 is 27.9. The van der Waals surface area contributed by atoms with Crippen LogP contribution in [0.5, 0.6) is 17.2 Å². The van der Waals surface area contributed by atoms with Crippen molar-refractivity contribution >= 4 is 16.9 Å². The van der Waals surface area contributed by atoms with Crippen molar-refractivity contribution in [3.8, 4) is 28.5 Å². The first-order valence-corrected chi connectivity index (χ1v) is 12.6. The van der Waals surface area contributed by atoms with Gasteiger partial charge in [-0.05, 0) is 51.1 Å². The standard InChI is InChI=1S/C28H27FN8O2/c1-16-32-12-17(13-33-16)14-38-23-7-19(29)8-24(11-23)39-22-5-3-18(4-6-22)26-25-27(30)34-15-35-28(25)37(36-26)21-9-20(10-21)31-2/h3-8,11-13,15,20-21,31H,9-10,14H2,1-2H3,(H2,30,34,35). The molecule has 0 bridgehead atoms. The molecule has 1 aliphatic carbocycles. The minimum absolute atomic E-state index is 0.210. The van der Waals surface area contributed by atoms with Gasteiger partial charge in [-0.2, -0.15) is 5.10 Å². The number of halogens is 1. The Labute approximate surface area is 224 Å². The van der Waals surface area contributed by atoms with Crippen LogP contribution in [0.3, 0.4) is 0 Å². The van der Waals surface area contributed by atoms with Gasteiger partial charge in [0.2, 0.25) is 0 Å². The minimum atomic E-state index is -0.469. The van der Waals surface area contributed by atoms with Gasteiger partial charge in [0, 0.05) is 47.8 Å². The Morgan fingerprint density at radius 2 is 1.74 bits per heavy atom. The Balaban J connectivity index is 1.21.